The number of Topliss-reactive ketones (excluding diaryl/α,β-unsaturated/α-hetero) is 1. The monoisotopic (exact) mass is 184 g/mol. The van der Waals surface area contributed by atoms with Crippen LogP contribution in [0.1, 0.15) is 27.2 Å². The first kappa shape index (κ1) is 12.7. The molecule has 13 heavy (non-hydrogen) atoms. The summed E-state index contributed by atoms with van der Waals surface area (Å²) < 4.78 is 0. The molecule has 0 radical (unpaired) electrons. The normalized spacial score (nSPS) is 16.7. The SMILES string of the molecule is BC(C)C(=O)C(N)CC(C)(C)CN. The average molecular weight is 184 g/mol. The molecule has 2 atom stereocenters. The molecule has 0 bridgehead atoms. The topological polar surface area (TPSA) is 69.1 Å². The van der Waals surface area contributed by atoms with Gasteiger partial charge in [-0.1, -0.05) is 20.8 Å². The first-order valence-electron chi connectivity index (χ1n) is 4.79. The molecule has 0 rings (SSSR count). The third-order valence-electron chi connectivity index (χ3n) is 2.26. The van der Waals surface area contributed by atoms with Crippen molar-refractivity contribution in [3.63, 3.8) is 0 Å². The van der Waals surface area contributed by atoms with Gasteiger partial charge in [-0.3, -0.25) is 4.79 Å². The van der Waals surface area contributed by atoms with E-state index in [0.717, 1.165) is 0 Å². The van der Waals surface area contributed by atoms with Gasteiger partial charge in [-0.25, -0.2) is 0 Å². The highest BCUT2D eigenvalue weighted by Crippen LogP contribution is 2.21. The lowest BCUT2D eigenvalue weighted by Gasteiger charge is -2.26. The Morgan fingerprint density at radius 1 is 1.54 bits per heavy atom. The number of ketones is 1. The molecule has 0 saturated carbocycles. The third-order valence-corrected chi connectivity index (χ3v) is 2.26. The van der Waals surface area contributed by atoms with Gasteiger partial charge in [-0.15, -0.1) is 0 Å². The second-order valence-electron chi connectivity index (χ2n) is 4.74. The van der Waals surface area contributed by atoms with Crippen molar-refractivity contribution in [2.45, 2.75) is 39.1 Å². The highest BCUT2D eigenvalue weighted by Gasteiger charge is 2.25. The van der Waals surface area contributed by atoms with Gasteiger partial charge in [0, 0.05) is 0 Å². The molecule has 0 aliphatic carbocycles. The molecule has 0 heterocycles. The molecule has 4 N–H and O–H groups in total. The van der Waals surface area contributed by atoms with E-state index in [1.54, 1.807) is 0 Å². The number of carbonyl (C=O) groups excluding carboxylic acids is 1. The summed E-state index contributed by atoms with van der Waals surface area (Å²) in [5.41, 5.74) is 11.3. The molecule has 0 aliphatic rings. The van der Waals surface area contributed by atoms with Crippen LogP contribution in [-0.4, -0.2) is 26.2 Å². The van der Waals surface area contributed by atoms with Crippen LogP contribution in [0.25, 0.3) is 0 Å². The van der Waals surface area contributed by atoms with E-state index >= 15 is 0 Å². The smallest absolute Gasteiger partial charge is 0.144 e. The van der Waals surface area contributed by atoms with Gasteiger partial charge in [-0.05, 0) is 24.2 Å². The lowest BCUT2D eigenvalue weighted by molar-refractivity contribution is -0.120. The second kappa shape index (κ2) is 4.77. The van der Waals surface area contributed by atoms with E-state index in [2.05, 4.69) is 0 Å². The van der Waals surface area contributed by atoms with Gasteiger partial charge in [0.15, 0.2) is 0 Å². The van der Waals surface area contributed by atoms with Gasteiger partial charge < -0.3 is 11.5 Å². The first-order chi connectivity index (χ1) is 5.80. The van der Waals surface area contributed by atoms with Crippen molar-refractivity contribution in [1.29, 1.82) is 0 Å². The van der Waals surface area contributed by atoms with Gasteiger partial charge in [0.25, 0.3) is 0 Å². The standard InChI is InChI=1S/C9H21BN2O/c1-6(10)8(13)7(12)4-9(2,3)5-11/h6-7H,4-5,10-12H2,1-3H3. The zero-order valence-corrected chi connectivity index (χ0v) is 9.13. The van der Waals surface area contributed by atoms with Crippen LogP contribution >= 0.6 is 0 Å². The van der Waals surface area contributed by atoms with E-state index in [-0.39, 0.29) is 23.1 Å². The molecular weight excluding hydrogens is 163 g/mol. The van der Waals surface area contributed by atoms with Crippen molar-refractivity contribution in [3.8, 4) is 0 Å². The summed E-state index contributed by atoms with van der Waals surface area (Å²) in [5.74, 6) is 0.144. The minimum atomic E-state index is -0.362. The van der Waals surface area contributed by atoms with Crippen LogP contribution in [0.3, 0.4) is 0 Å². The fraction of sp³-hybridized carbons (Fsp3) is 0.889. The Bertz CT molecular complexity index is 180. The van der Waals surface area contributed by atoms with Crippen LogP contribution in [0.5, 0.6) is 0 Å². The summed E-state index contributed by atoms with van der Waals surface area (Å²) in [4.78, 5) is 11.5. The molecule has 2 unspecified atom stereocenters. The first-order valence-corrected chi connectivity index (χ1v) is 4.79. The summed E-state index contributed by atoms with van der Waals surface area (Å²) in [6.45, 7) is 6.49. The van der Waals surface area contributed by atoms with Crippen molar-refractivity contribution in [3.05, 3.63) is 0 Å². The van der Waals surface area contributed by atoms with E-state index in [9.17, 15) is 4.79 Å². The van der Waals surface area contributed by atoms with E-state index in [1.165, 1.54) is 0 Å². The highest BCUT2D eigenvalue weighted by molar-refractivity contribution is 6.24. The van der Waals surface area contributed by atoms with Crippen molar-refractivity contribution in [2.75, 3.05) is 6.54 Å². The van der Waals surface area contributed by atoms with Crippen molar-refractivity contribution in [2.24, 2.45) is 16.9 Å². The number of hydrogen-bond acceptors (Lipinski definition) is 3. The predicted molar refractivity (Wildman–Crippen MR) is 58.4 cm³/mol. The van der Waals surface area contributed by atoms with Gasteiger partial charge in [0.2, 0.25) is 0 Å². The number of rotatable bonds is 5. The zero-order valence-electron chi connectivity index (χ0n) is 9.13. The van der Waals surface area contributed by atoms with E-state index in [0.29, 0.717) is 13.0 Å². The lowest BCUT2D eigenvalue weighted by atomic mass is 9.77. The molecule has 0 amide bonds. The van der Waals surface area contributed by atoms with Crippen LogP contribution in [-0.2, 0) is 4.79 Å². The minimum Gasteiger partial charge on any atom is -0.330 e. The molecule has 3 nitrogen and oxygen atoms in total. The fourth-order valence-corrected chi connectivity index (χ4v) is 1.21. The van der Waals surface area contributed by atoms with Gasteiger partial charge in [0.05, 0.1) is 6.04 Å². The Hall–Kier alpha value is -0.345. The Labute approximate surface area is 81.7 Å². The quantitative estimate of drug-likeness (QED) is 0.576. The summed E-state index contributed by atoms with van der Waals surface area (Å²) in [6.07, 6.45) is 0.667. The van der Waals surface area contributed by atoms with Crippen LogP contribution in [0.15, 0.2) is 0 Å². The predicted octanol–water partition coefficient (Wildman–Crippen LogP) is -0.301. The molecule has 4 heteroatoms. The molecule has 76 valence electrons. The Balaban J connectivity index is 4.15. The van der Waals surface area contributed by atoms with Crippen LogP contribution in [0.4, 0.5) is 0 Å². The zero-order chi connectivity index (χ0) is 10.6. The minimum absolute atomic E-state index is 0.0172. The maximum atomic E-state index is 11.5. The van der Waals surface area contributed by atoms with Gasteiger partial charge in [0.1, 0.15) is 13.6 Å². The van der Waals surface area contributed by atoms with E-state index in [1.807, 2.05) is 28.6 Å². The number of nitrogens with two attached hydrogens (primary N) is 2. The fourth-order valence-electron chi connectivity index (χ4n) is 1.21. The van der Waals surface area contributed by atoms with E-state index < -0.39 is 0 Å². The summed E-state index contributed by atoms with van der Waals surface area (Å²) in [5, 5.41) is 0. The second-order valence-corrected chi connectivity index (χ2v) is 4.74. The number of hydrogen-bond donors (Lipinski definition) is 2. The Morgan fingerprint density at radius 3 is 2.31 bits per heavy atom. The van der Waals surface area contributed by atoms with Crippen LogP contribution < -0.4 is 11.5 Å². The molecule has 0 aromatic heterocycles. The molecule has 0 saturated heterocycles. The molecule has 0 aromatic rings. The van der Waals surface area contributed by atoms with Gasteiger partial charge >= 0.3 is 0 Å². The number of carbonyl (C=O) groups is 1. The molecule has 0 aromatic carbocycles. The van der Waals surface area contributed by atoms with Crippen molar-refractivity contribution in [1.82, 2.24) is 0 Å². The van der Waals surface area contributed by atoms with Crippen LogP contribution in [0, 0.1) is 5.41 Å². The van der Waals surface area contributed by atoms with Crippen LogP contribution in [0.2, 0.25) is 5.82 Å². The molecule has 0 aliphatic heterocycles. The Morgan fingerprint density at radius 2 is 2.00 bits per heavy atom. The lowest BCUT2D eigenvalue weighted by Crippen LogP contribution is -2.39. The molecule has 0 spiro atoms. The van der Waals surface area contributed by atoms with Gasteiger partial charge in [-0.2, -0.15) is 0 Å². The summed E-state index contributed by atoms with van der Waals surface area (Å²) in [6, 6.07) is -0.362. The molecular formula is C9H21BN2O. The maximum absolute atomic E-state index is 11.5. The third kappa shape index (κ3) is 4.43. The largest absolute Gasteiger partial charge is 0.330 e. The maximum Gasteiger partial charge on any atom is 0.144 e. The highest BCUT2D eigenvalue weighted by atomic mass is 16.1. The average Bonchev–Trinajstić information content (AvgIpc) is 2.02. The summed E-state index contributed by atoms with van der Waals surface area (Å²) in [7, 11) is 1.87. The summed E-state index contributed by atoms with van der Waals surface area (Å²) >= 11 is 0. The van der Waals surface area contributed by atoms with Crippen molar-refractivity contribution >= 4 is 13.6 Å². The molecule has 0 fully saturated rings. The Kier molecular flexibility index (Phi) is 4.64. The van der Waals surface area contributed by atoms with E-state index in [4.69, 9.17) is 11.5 Å². The van der Waals surface area contributed by atoms with Crippen molar-refractivity contribution < 1.29 is 4.79 Å².